The van der Waals surface area contributed by atoms with Gasteiger partial charge in [0, 0.05) is 11.8 Å². The van der Waals surface area contributed by atoms with E-state index < -0.39 is 0 Å². The number of Topliss-reactive ketones (excluding diaryl/α,β-unsaturated/α-hetero) is 1. The zero-order valence-electron chi connectivity index (χ0n) is 10.4. The normalized spacial score (nSPS) is 31.7. The standard InChI is InChI=1S/C14H26O/c1-12-10-8-6-4-3-5-7-9-11-13(2)14(12)15/h12-13H,3-11H2,1-2H3. The number of rotatable bonds is 0. The number of hydrogen-bond donors (Lipinski definition) is 0. The number of ketones is 1. The second-order valence-corrected chi connectivity index (χ2v) is 5.26. The molecule has 0 N–H and O–H groups in total. The SMILES string of the molecule is CC1CCCCCCCCCC(C)C1=O. The lowest BCUT2D eigenvalue weighted by Crippen LogP contribution is -2.19. The van der Waals surface area contributed by atoms with Gasteiger partial charge >= 0.3 is 0 Å². The van der Waals surface area contributed by atoms with Gasteiger partial charge in [-0.2, -0.15) is 0 Å². The van der Waals surface area contributed by atoms with Gasteiger partial charge < -0.3 is 0 Å². The van der Waals surface area contributed by atoms with Crippen molar-refractivity contribution >= 4 is 5.78 Å². The summed E-state index contributed by atoms with van der Waals surface area (Å²) in [6.45, 7) is 4.23. The van der Waals surface area contributed by atoms with Gasteiger partial charge in [-0.25, -0.2) is 0 Å². The summed E-state index contributed by atoms with van der Waals surface area (Å²) >= 11 is 0. The molecule has 0 amide bonds. The van der Waals surface area contributed by atoms with Crippen molar-refractivity contribution in [2.45, 2.75) is 71.6 Å². The van der Waals surface area contributed by atoms with Crippen molar-refractivity contribution < 1.29 is 4.79 Å². The van der Waals surface area contributed by atoms with Crippen LogP contribution in [0.15, 0.2) is 0 Å². The van der Waals surface area contributed by atoms with E-state index in [-0.39, 0.29) is 0 Å². The summed E-state index contributed by atoms with van der Waals surface area (Å²) in [7, 11) is 0. The molecule has 15 heavy (non-hydrogen) atoms. The number of hydrogen-bond acceptors (Lipinski definition) is 1. The first-order valence-corrected chi connectivity index (χ1v) is 6.75. The first kappa shape index (κ1) is 12.7. The van der Waals surface area contributed by atoms with Crippen LogP contribution in [0.5, 0.6) is 0 Å². The van der Waals surface area contributed by atoms with Gasteiger partial charge in [0.2, 0.25) is 0 Å². The van der Waals surface area contributed by atoms with E-state index in [2.05, 4.69) is 13.8 Å². The predicted molar refractivity (Wildman–Crippen MR) is 64.9 cm³/mol. The van der Waals surface area contributed by atoms with Crippen molar-refractivity contribution in [2.75, 3.05) is 0 Å². The van der Waals surface area contributed by atoms with Gasteiger partial charge in [-0.1, -0.05) is 58.8 Å². The highest BCUT2D eigenvalue weighted by Gasteiger charge is 2.19. The molecule has 1 heteroatoms. The van der Waals surface area contributed by atoms with Crippen molar-refractivity contribution in [2.24, 2.45) is 11.8 Å². The first-order chi connectivity index (χ1) is 7.22. The molecule has 0 aromatic rings. The van der Waals surface area contributed by atoms with Crippen LogP contribution in [0.4, 0.5) is 0 Å². The molecule has 0 aromatic heterocycles. The van der Waals surface area contributed by atoms with E-state index in [1.807, 2.05) is 0 Å². The minimum absolute atomic E-state index is 0.305. The number of carbonyl (C=O) groups excluding carboxylic acids is 1. The third-order valence-corrected chi connectivity index (χ3v) is 3.75. The highest BCUT2D eigenvalue weighted by Crippen LogP contribution is 2.21. The molecule has 2 unspecified atom stereocenters. The fourth-order valence-electron chi connectivity index (χ4n) is 2.56. The molecule has 0 spiro atoms. The second-order valence-electron chi connectivity index (χ2n) is 5.26. The highest BCUT2D eigenvalue weighted by molar-refractivity contribution is 5.82. The molecule has 1 saturated carbocycles. The summed E-state index contributed by atoms with van der Waals surface area (Å²) in [5.41, 5.74) is 0. The Hall–Kier alpha value is -0.330. The van der Waals surface area contributed by atoms with Crippen molar-refractivity contribution in [3.63, 3.8) is 0 Å². The molecule has 1 aliphatic carbocycles. The van der Waals surface area contributed by atoms with Crippen LogP contribution in [0, 0.1) is 11.8 Å². The van der Waals surface area contributed by atoms with Gasteiger partial charge in [0.1, 0.15) is 5.78 Å². The Balaban J connectivity index is 2.40. The van der Waals surface area contributed by atoms with Crippen LogP contribution in [0.25, 0.3) is 0 Å². The Labute approximate surface area is 94.6 Å². The van der Waals surface area contributed by atoms with Crippen LogP contribution < -0.4 is 0 Å². The van der Waals surface area contributed by atoms with Gasteiger partial charge in [0.15, 0.2) is 0 Å². The highest BCUT2D eigenvalue weighted by atomic mass is 16.1. The molecule has 1 aliphatic rings. The largest absolute Gasteiger partial charge is 0.299 e. The van der Waals surface area contributed by atoms with E-state index in [1.54, 1.807) is 0 Å². The number of carbonyl (C=O) groups is 1. The minimum atomic E-state index is 0.305. The summed E-state index contributed by atoms with van der Waals surface area (Å²) in [6.07, 6.45) is 11.5. The Bertz CT molecular complexity index is 168. The molecule has 0 heterocycles. The topological polar surface area (TPSA) is 17.1 Å². The van der Waals surface area contributed by atoms with E-state index in [9.17, 15) is 4.79 Å². The van der Waals surface area contributed by atoms with Crippen LogP contribution >= 0.6 is 0 Å². The van der Waals surface area contributed by atoms with Crippen molar-refractivity contribution in [1.82, 2.24) is 0 Å². The summed E-state index contributed by atoms with van der Waals surface area (Å²) in [6, 6.07) is 0. The summed E-state index contributed by atoms with van der Waals surface area (Å²) < 4.78 is 0. The molecule has 88 valence electrons. The predicted octanol–water partition coefficient (Wildman–Crippen LogP) is 4.35. The lowest BCUT2D eigenvalue weighted by atomic mass is 9.87. The Morgan fingerprint density at radius 2 is 1.07 bits per heavy atom. The average molecular weight is 210 g/mol. The van der Waals surface area contributed by atoms with Crippen LogP contribution in [0.3, 0.4) is 0 Å². The van der Waals surface area contributed by atoms with Crippen LogP contribution in [-0.4, -0.2) is 5.78 Å². The summed E-state index contributed by atoms with van der Waals surface area (Å²) in [5.74, 6) is 1.12. The molecule has 1 nitrogen and oxygen atoms in total. The monoisotopic (exact) mass is 210 g/mol. The molecule has 0 bridgehead atoms. The van der Waals surface area contributed by atoms with E-state index in [0.717, 1.165) is 12.8 Å². The van der Waals surface area contributed by atoms with Gasteiger partial charge in [0.25, 0.3) is 0 Å². The molecule has 0 aromatic carbocycles. The van der Waals surface area contributed by atoms with Crippen molar-refractivity contribution in [3.8, 4) is 0 Å². The second kappa shape index (κ2) is 7.03. The Kier molecular flexibility index (Phi) is 5.97. The van der Waals surface area contributed by atoms with E-state index >= 15 is 0 Å². The quantitative estimate of drug-likeness (QED) is 0.581. The van der Waals surface area contributed by atoms with Gasteiger partial charge in [-0.3, -0.25) is 4.79 Å². The zero-order chi connectivity index (χ0) is 11.1. The zero-order valence-corrected chi connectivity index (χ0v) is 10.4. The summed E-state index contributed by atoms with van der Waals surface area (Å²) in [4.78, 5) is 12.0. The Morgan fingerprint density at radius 3 is 1.47 bits per heavy atom. The molecule has 1 fully saturated rings. The fraction of sp³-hybridized carbons (Fsp3) is 0.929. The molecular formula is C14H26O. The maximum absolute atomic E-state index is 12.0. The minimum Gasteiger partial charge on any atom is -0.299 e. The lowest BCUT2D eigenvalue weighted by Gasteiger charge is -2.17. The van der Waals surface area contributed by atoms with E-state index in [0.29, 0.717) is 17.6 Å². The van der Waals surface area contributed by atoms with Gasteiger partial charge in [-0.05, 0) is 12.8 Å². The van der Waals surface area contributed by atoms with Gasteiger partial charge in [0.05, 0.1) is 0 Å². The third kappa shape index (κ3) is 4.81. The van der Waals surface area contributed by atoms with Gasteiger partial charge in [-0.15, -0.1) is 0 Å². The fourth-order valence-corrected chi connectivity index (χ4v) is 2.56. The summed E-state index contributed by atoms with van der Waals surface area (Å²) in [5, 5.41) is 0. The molecule has 0 radical (unpaired) electrons. The van der Waals surface area contributed by atoms with Crippen LogP contribution in [-0.2, 0) is 4.79 Å². The maximum Gasteiger partial charge on any atom is 0.138 e. The third-order valence-electron chi connectivity index (χ3n) is 3.75. The average Bonchev–Trinajstić information content (AvgIpc) is 2.23. The smallest absolute Gasteiger partial charge is 0.138 e. The molecule has 1 rings (SSSR count). The molecular weight excluding hydrogens is 184 g/mol. The lowest BCUT2D eigenvalue weighted by molar-refractivity contribution is -0.126. The maximum atomic E-state index is 12.0. The van der Waals surface area contributed by atoms with Crippen LogP contribution in [0.1, 0.15) is 71.6 Å². The molecule has 0 saturated heterocycles. The molecule has 0 aliphatic heterocycles. The molecule has 2 atom stereocenters. The van der Waals surface area contributed by atoms with Crippen LogP contribution in [0.2, 0.25) is 0 Å². The van der Waals surface area contributed by atoms with Crippen molar-refractivity contribution in [1.29, 1.82) is 0 Å². The van der Waals surface area contributed by atoms with E-state index in [4.69, 9.17) is 0 Å². The Morgan fingerprint density at radius 1 is 0.733 bits per heavy atom. The first-order valence-electron chi connectivity index (χ1n) is 6.75. The van der Waals surface area contributed by atoms with Crippen molar-refractivity contribution in [3.05, 3.63) is 0 Å². The van der Waals surface area contributed by atoms with E-state index in [1.165, 1.54) is 44.9 Å².